The maximum absolute atomic E-state index is 12.0. The first-order chi connectivity index (χ1) is 9.08. The van der Waals surface area contributed by atoms with Gasteiger partial charge in [-0.25, -0.2) is 0 Å². The molecule has 0 spiro atoms. The van der Waals surface area contributed by atoms with Crippen molar-refractivity contribution in [3.05, 3.63) is 17.5 Å². The monoisotopic (exact) mass is 268 g/mol. The predicted molar refractivity (Wildman–Crippen MR) is 74.2 cm³/mol. The molecule has 0 fully saturated rings. The second kappa shape index (κ2) is 7.91. The van der Waals surface area contributed by atoms with E-state index < -0.39 is 0 Å². The molecular formula is C13H24N4O2. The van der Waals surface area contributed by atoms with Crippen LogP contribution in [0, 0.1) is 0 Å². The molecular weight excluding hydrogens is 244 g/mol. The Labute approximate surface area is 114 Å². The van der Waals surface area contributed by atoms with Gasteiger partial charge < -0.3 is 15.7 Å². The van der Waals surface area contributed by atoms with Crippen molar-refractivity contribution in [2.75, 3.05) is 19.6 Å². The van der Waals surface area contributed by atoms with Gasteiger partial charge in [0.05, 0.1) is 11.8 Å². The number of aryl methyl sites for hydroxylation is 2. The smallest absolute Gasteiger partial charge is 0.269 e. The molecule has 108 valence electrons. The van der Waals surface area contributed by atoms with E-state index in [4.69, 9.17) is 5.11 Å². The maximum atomic E-state index is 12.0. The molecule has 19 heavy (non-hydrogen) atoms. The van der Waals surface area contributed by atoms with Gasteiger partial charge >= 0.3 is 0 Å². The molecule has 0 bridgehead atoms. The molecule has 1 rings (SSSR count). The minimum absolute atomic E-state index is 0.104. The summed E-state index contributed by atoms with van der Waals surface area (Å²) in [6, 6.07) is 1.84. The average Bonchev–Trinajstić information content (AvgIpc) is 2.81. The van der Waals surface area contributed by atoms with E-state index >= 15 is 0 Å². The number of nitrogens with one attached hydrogen (secondary N) is 2. The second-order valence-electron chi connectivity index (χ2n) is 4.50. The summed E-state index contributed by atoms with van der Waals surface area (Å²) in [7, 11) is 0. The summed E-state index contributed by atoms with van der Waals surface area (Å²) in [5, 5.41) is 19.3. The number of aliphatic hydroxyl groups excluding tert-OH is 1. The molecule has 1 aromatic heterocycles. The number of aromatic nitrogens is 2. The van der Waals surface area contributed by atoms with E-state index in [2.05, 4.69) is 15.7 Å². The fraction of sp³-hybridized carbons (Fsp3) is 0.692. The fourth-order valence-corrected chi connectivity index (χ4v) is 1.73. The van der Waals surface area contributed by atoms with Crippen LogP contribution in [0.2, 0.25) is 0 Å². The summed E-state index contributed by atoms with van der Waals surface area (Å²) in [5.41, 5.74) is 1.54. The van der Waals surface area contributed by atoms with Gasteiger partial charge in [0.15, 0.2) is 0 Å². The Balaban J connectivity index is 2.42. The summed E-state index contributed by atoms with van der Waals surface area (Å²) < 4.78 is 1.72. The van der Waals surface area contributed by atoms with Crippen LogP contribution in [0.4, 0.5) is 0 Å². The molecule has 3 N–H and O–H groups in total. The van der Waals surface area contributed by atoms with E-state index in [1.807, 2.05) is 19.9 Å². The van der Waals surface area contributed by atoms with Gasteiger partial charge in [-0.3, -0.25) is 9.48 Å². The van der Waals surface area contributed by atoms with Crippen molar-refractivity contribution < 1.29 is 9.90 Å². The lowest BCUT2D eigenvalue weighted by Crippen LogP contribution is -2.35. The minimum Gasteiger partial charge on any atom is -0.392 e. The molecule has 1 heterocycles. The third-order valence-corrected chi connectivity index (χ3v) is 2.75. The number of aliphatic hydroxyl groups is 1. The molecule has 1 unspecified atom stereocenters. The summed E-state index contributed by atoms with van der Waals surface area (Å²) in [4.78, 5) is 12.0. The number of carbonyl (C=O) groups excluding carboxylic acids is 1. The van der Waals surface area contributed by atoms with Crippen molar-refractivity contribution in [2.24, 2.45) is 0 Å². The lowest BCUT2D eigenvalue weighted by atomic mass is 10.3. The molecule has 0 aliphatic heterocycles. The lowest BCUT2D eigenvalue weighted by molar-refractivity contribution is 0.0943. The van der Waals surface area contributed by atoms with Crippen LogP contribution in [0.25, 0.3) is 0 Å². The van der Waals surface area contributed by atoms with E-state index in [0.29, 0.717) is 31.9 Å². The van der Waals surface area contributed by atoms with Gasteiger partial charge in [-0.15, -0.1) is 0 Å². The largest absolute Gasteiger partial charge is 0.392 e. The van der Waals surface area contributed by atoms with E-state index in [1.165, 1.54) is 0 Å². The van der Waals surface area contributed by atoms with Crippen LogP contribution in [0.5, 0.6) is 0 Å². The molecule has 6 heteroatoms. The van der Waals surface area contributed by atoms with Crippen LogP contribution in [-0.2, 0) is 13.0 Å². The molecule has 0 saturated heterocycles. The Kier molecular flexibility index (Phi) is 6.52. The Hall–Kier alpha value is -1.40. The van der Waals surface area contributed by atoms with Crippen molar-refractivity contribution in [3.63, 3.8) is 0 Å². The Bertz CT molecular complexity index is 401. The summed E-state index contributed by atoms with van der Waals surface area (Å²) in [5.74, 6) is -0.104. The van der Waals surface area contributed by atoms with Gasteiger partial charge in [-0.2, -0.15) is 5.10 Å². The third-order valence-electron chi connectivity index (χ3n) is 2.75. The van der Waals surface area contributed by atoms with E-state index in [9.17, 15) is 4.79 Å². The minimum atomic E-state index is -0.371. The fourth-order valence-electron chi connectivity index (χ4n) is 1.73. The number of amides is 1. The van der Waals surface area contributed by atoms with Crippen LogP contribution < -0.4 is 10.6 Å². The predicted octanol–water partition coefficient (Wildman–Crippen LogP) is 0.166. The van der Waals surface area contributed by atoms with Crippen molar-refractivity contribution in [1.82, 2.24) is 20.4 Å². The number of hydrogen-bond donors (Lipinski definition) is 3. The molecule has 0 saturated carbocycles. The highest BCUT2D eigenvalue weighted by atomic mass is 16.3. The molecule has 1 aromatic rings. The van der Waals surface area contributed by atoms with Crippen molar-refractivity contribution >= 4 is 5.91 Å². The van der Waals surface area contributed by atoms with Crippen LogP contribution in [0.1, 0.15) is 37.0 Å². The van der Waals surface area contributed by atoms with Gasteiger partial charge in [0.2, 0.25) is 0 Å². The molecule has 1 atom stereocenters. The molecule has 0 aliphatic carbocycles. The average molecular weight is 268 g/mol. The highest BCUT2D eigenvalue weighted by molar-refractivity contribution is 5.92. The standard InChI is InChI=1S/C13H24N4O2/c1-4-11-8-12(17(5-2)16-11)13(19)15-7-6-14-9-10(3)18/h8,10,14,18H,4-7,9H2,1-3H3,(H,15,19). The van der Waals surface area contributed by atoms with Gasteiger partial charge in [0.1, 0.15) is 5.69 Å². The summed E-state index contributed by atoms with van der Waals surface area (Å²) in [6.45, 7) is 8.08. The molecule has 0 radical (unpaired) electrons. The number of nitrogens with zero attached hydrogens (tertiary/aromatic N) is 2. The zero-order valence-corrected chi connectivity index (χ0v) is 11.9. The van der Waals surface area contributed by atoms with Gasteiger partial charge in [-0.1, -0.05) is 6.92 Å². The first kappa shape index (κ1) is 15.7. The first-order valence-electron chi connectivity index (χ1n) is 6.82. The van der Waals surface area contributed by atoms with Crippen LogP contribution >= 0.6 is 0 Å². The maximum Gasteiger partial charge on any atom is 0.269 e. The Morgan fingerprint density at radius 1 is 1.47 bits per heavy atom. The molecule has 0 aliphatic rings. The number of hydrogen-bond acceptors (Lipinski definition) is 4. The molecule has 1 amide bonds. The second-order valence-corrected chi connectivity index (χ2v) is 4.50. The normalized spacial score (nSPS) is 12.4. The zero-order valence-electron chi connectivity index (χ0n) is 11.9. The third kappa shape index (κ3) is 5.00. The van der Waals surface area contributed by atoms with Crippen molar-refractivity contribution in [3.8, 4) is 0 Å². The highest BCUT2D eigenvalue weighted by Crippen LogP contribution is 2.05. The number of carbonyl (C=O) groups is 1. The van der Waals surface area contributed by atoms with E-state index in [-0.39, 0.29) is 12.0 Å². The molecule has 6 nitrogen and oxygen atoms in total. The van der Waals surface area contributed by atoms with Crippen LogP contribution in [0.15, 0.2) is 6.07 Å². The van der Waals surface area contributed by atoms with Crippen molar-refractivity contribution in [1.29, 1.82) is 0 Å². The van der Waals surface area contributed by atoms with Crippen molar-refractivity contribution in [2.45, 2.75) is 39.8 Å². The lowest BCUT2D eigenvalue weighted by Gasteiger charge is -2.08. The Morgan fingerprint density at radius 2 is 2.21 bits per heavy atom. The Morgan fingerprint density at radius 3 is 2.79 bits per heavy atom. The van der Waals surface area contributed by atoms with E-state index in [1.54, 1.807) is 11.6 Å². The topological polar surface area (TPSA) is 79.2 Å². The first-order valence-corrected chi connectivity index (χ1v) is 6.82. The van der Waals surface area contributed by atoms with Crippen LogP contribution in [0.3, 0.4) is 0 Å². The highest BCUT2D eigenvalue weighted by Gasteiger charge is 2.13. The summed E-state index contributed by atoms with van der Waals surface area (Å²) >= 11 is 0. The zero-order chi connectivity index (χ0) is 14.3. The molecule has 0 aromatic carbocycles. The van der Waals surface area contributed by atoms with Gasteiger partial charge in [0.25, 0.3) is 5.91 Å². The van der Waals surface area contributed by atoms with E-state index in [0.717, 1.165) is 12.1 Å². The quantitative estimate of drug-likeness (QED) is 0.587. The summed E-state index contributed by atoms with van der Waals surface area (Å²) in [6.07, 6.45) is 0.452. The van der Waals surface area contributed by atoms with Gasteiger partial charge in [0, 0.05) is 26.2 Å². The number of rotatable bonds is 8. The van der Waals surface area contributed by atoms with Crippen LogP contribution in [-0.4, -0.2) is 46.5 Å². The van der Waals surface area contributed by atoms with Gasteiger partial charge in [-0.05, 0) is 26.3 Å². The SMILES string of the molecule is CCc1cc(C(=O)NCCNCC(C)O)n(CC)n1.